The molecule has 6 nitrogen and oxygen atoms in total. The zero-order valence-corrected chi connectivity index (χ0v) is 11.2. The highest BCUT2D eigenvalue weighted by molar-refractivity contribution is 7.99. The monoisotopic (exact) mass is 261 g/mol. The third kappa shape index (κ3) is 3.99. The van der Waals surface area contributed by atoms with Crippen LogP contribution in [-0.2, 0) is 4.74 Å². The van der Waals surface area contributed by atoms with Crippen LogP contribution in [0.1, 0.15) is 20.8 Å². The third-order valence-electron chi connectivity index (χ3n) is 2.21. The molecule has 7 heteroatoms. The maximum atomic E-state index is 11.9. The molecule has 98 valence electrons. The first-order valence-electron chi connectivity index (χ1n) is 5.40. The zero-order valence-electron chi connectivity index (χ0n) is 10.3. The van der Waals surface area contributed by atoms with E-state index in [1.165, 1.54) is 4.90 Å². The molecule has 3 N–H and O–H groups in total. The molecule has 0 aliphatic carbocycles. The average molecular weight is 261 g/mol. The molecule has 1 heterocycles. The minimum atomic E-state index is -0.544. The van der Waals surface area contributed by atoms with E-state index in [9.17, 15) is 4.79 Å². The number of hydrogen-bond acceptors (Lipinski definition) is 5. The Hall–Kier alpha value is -1.11. The van der Waals surface area contributed by atoms with Crippen LogP contribution in [0.2, 0.25) is 0 Å². The van der Waals surface area contributed by atoms with Gasteiger partial charge in [0.1, 0.15) is 11.6 Å². The van der Waals surface area contributed by atoms with Gasteiger partial charge in [-0.15, -0.1) is 0 Å². The second-order valence-electron chi connectivity index (χ2n) is 4.79. The molecule has 1 amide bonds. The molecule has 1 saturated heterocycles. The first-order valence-corrected chi connectivity index (χ1v) is 6.55. The lowest BCUT2D eigenvalue weighted by Gasteiger charge is -2.35. The Balaban J connectivity index is 2.75. The van der Waals surface area contributed by atoms with E-state index in [4.69, 9.17) is 15.7 Å². The lowest BCUT2D eigenvalue weighted by atomic mass is 10.2. The minimum absolute atomic E-state index is 0.0445. The van der Waals surface area contributed by atoms with E-state index in [-0.39, 0.29) is 5.84 Å². The second kappa shape index (κ2) is 5.48. The number of thioether (sulfide) groups is 1. The molecule has 1 aliphatic rings. The third-order valence-corrected chi connectivity index (χ3v) is 3.24. The number of oxime groups is 1. The molecule has 1 fully saturated rings. The Kier molecular flexibility index (Phi) is 4.50. The predicted molar refractivity (Wildman–Crippen MR) is 67.5 cm³/mol. The molecule has 0 saturated carbocycles. The summed E-state index contributed by atoms with van der Waals surface area (Å²) in [7, 11) is 0. The molecule has 17 heavy (non-hydrogen) atoms. The standard InChI is InChI=1S/C10H19N3O3S/c1-10(2,3)16-9(14)13-4-5-17-6-7(13)8(11)12-15/h7,15H,4-6H2,1-3H3,(H2,11,12). The van der Waals surface area contributed by atoms with Gasteiger partial charge in [-0.3, -0.25) is 4.90 Å². The van der Waals surface area contributed by atoms with Gasteiger partial charge in [0.15, 0.2) is 5.84 Å². The van der Waals surface area contributed by atoms with E-state index >= 15 is 0 Å². The van der Waals surface area contributed by atoms with Gasteiger partial charge in [-0.2, -0.15) is 11.8 Å². The number of rotatable bonds is 1. The normalized spacial score (nSPS) is 22.4. The van der Waals surface area contributed by atoms with Crippen molar-refractivity contribution in [3.05, 3.63) is 0 Å². The summed E-state index contributed by atoms with van der Waals surface area (Å²) < 4.78 is 5.29. The fraction of sp³-hybridized carbons (Fsp3) is 0.800. The lowest BCUT2D eigenvalue weighted by molar-refractivity contribution is 0.0232. The van der Waals surface area contributed by atoms with E-state index in [1.807, 2.05) is 20.8 Å². The quantitative estimate of drug-likeness (QED) is 0.319. The molecule has 0 aromatic heterocycles. The first-order chi connectivity index (χ1) is 7.85. The fourth-order valence-corrected chi connectivity index (χ4v) is 2.52. The number of amides is 1. The van der Waals surface area contributed by atoms with Crippen molar-refractivity contribution in [2.24, 2.45) is 10.9 Å². The molecule has 0 aromatic rings. The number of nitrogens with zero attached hydrogens (tertiary/aromatic N) is 2. The van der Waals surface area contributed by atoms with Gasteiger partial charge in [0.25, 0.3) is 0 Å². The minimum Gasteiger partial charge on any atom is -0.444 e. The molecule has 0 aromatic carbocycles. The van der Waals surface area contributed by atoms with Crippen molar-refractivity contribution < 1.29 is 14.7 Å². The van der Waals surface area contributed by atoms with Gasteiger partial charge < -0.3 is 15.7 Å². The highest BCUT2D eigenvalue weighted by Gasteiger charge is 2.33. The number of amidine groups is 1. The van der Waals surface area contributed by atoms with E-state index < -0.39 is 17.7 Å². The lowest BCUT2D eigenvalue weighted by Crippen LogP contribution is -2.53. The van der Waals surface area contributed by atoms with E-state index in [1.54, 1.807) is 11.8 Å². The fourth-order valence-electron chi connectivity index (χ4n) is 1.45. The topological polar surface area (TPSA) is 88.2 Å². The second-order valence-corrected chi connectivity index (χ2v) is 5.94. The van der Waals surface area contributed by atoms with Crippen LogP contribution in [0, 0.1) is 0 Å². The molecule has 0 spiro atoms. The average Bonchev–Trinajstić information content (AvgIpc) is 2.25. The van der Waals surface area contributed by atoms with Crippen molar-refractivity contribution in [3.63, 3.8) is 0 Å². The zero-order chi connectivity index (χ0) is 13.1. The van der Waals surface area contributed by atoms with Crippen molar-refractivity contribution in [1.29, 1.82) is 0 Å². The van der Waals surface area contributed by atoms with Gasteiger partial charge in [0.2, 0.25) is 0 Å². The molecule has 1 rings (SSSR count). The maximum absolute atomic E-state index is 11.9. The summed E-state index contributed by atoms with van der Waals surface area (Å²) in [5, 5.41) is 11.7. The molecule has 0 radical (unpaired) electrons. The van der Waals surface area contributed by atoms with Crippen LogP contribution in [0.4, 0.5) is 4.79 Å². The predicted octanol–water partition coefficient (Wildman–Crippen LogP) is 1.09. The van der Waals surface area contributed by atoms with Crippen LogP contribution in [0.5, 0.6) is 0 Å². The van der Waals surface area contributed by atoms with Crippen LogP contribution in [0.3, 0.4) is 0 Å². The summed E-state index contributed by atoms with van der Waals surface area (Å²) in [6.45, 7) is 5.97. The van der Waals surface area contributed by atoms with Gasteiger partial charge in [-0.05, 0) is 20.8 Å². The summed E-state index contributed by atoms with van der Waals surface area (Å²) >= 11 is 1.66. The van der Waals surface area contributed by atoms with E-state index in [0.29, 0.717) is 12.3 Å². The molecule has 0 bridgehead atoms. The highest BCUT2D eigenvalue weighted by Crippen LogP contribution is 2.19. The number of hydrogen-bond donors (Lipinski definition) is 2. The molecular weight excluding hydrogens is 242 g/mol. The Morgan fingerprint density at radius 1 is 1.59 bits per heavy atom. The molecule has 1 atom stereocenters. The SMILES string of the molecule is CC(C)(C)OC(=O)N1CCSCC1/C(N)=N/O. The van der Waals surface area contributed by atoms with Gasteiger partial charge in [-0.25, -0.2) is 4.79 Å². The van der Waals surface area contributed by atoms with Crippen LogP contribution in [0.15, 0.2) is 5.16 Å². The number of ether oxygens (including phenoxy) is 1. The number of carbonyl (C=O) groups excluding carboxylic acids is 1. The summed E-state index contributed by atoms with van der Waals surface area (Å²) in [5.41, 5.74) is 5.03. The van der Waals surface area contributed by atoms with Crippen molar-refractivity contribution >= 4 is 23.7 Å². The van der Waals surface area contributed by atoms with E-state index in [0.717, 1.165) is 5.75 Å². The molecule has 1 aliphatic heterocycles. The van der Waals surface area contributed by atoms with Crippen LogP contribution in [0.25, 0.3) is 0 Å². The Morgan fingerprint density at radius 2 is 2.24 bits per heavy atom. The smallest absolute Gasteiger partial charge is 0.410 e. The van der Waals surface area contributed by atoms with Gasteiger partial charge in [0.05, 0.1) is 0 Å². The Bertz CT molecular complexity index is 314. The summed E-state index contributed by atoms with van der Waals surface area (Å²) in [6, 6.07) is -0.395. The largest absolute Gasteiger partial charge is 0.444 e. The van der Waals surface area contributed by atoms with Crippen LogP contribution >= 0.6 is 11.8 Å². The molecular formula is C10H19N3O3S. The van der Waals surface area contributed by atoms with Gasteiger partial charge in [-0.1, -0.05) is 5.16 Å². The van der Waals surface area contributed by atoms with Crippen LogP contribution in [-0.4, -0.2) is 51.7 Å². The number of nitrogens with two attached hydrogens (primary N) is 1. The number of carbonyl (C=O) groups is 1. The summed E-state index contributed by atoms with van der Waals surface area (Å²) in [5.74, 6) is 1.49. The first kappa shape index (κ1) is 14.0. The van der Waals surface area contributed by atoms with Crippen LogP contribution < -0.4 is 5.73 Å². The highest BCUT2D eigenvalue weighted by atomic mass is 32.2. The Morgan fingerprint density at radius 3 is 2.76 bits per heavy atom. The van der Waals surface area contributed by atoms with Crippen molar-refractivity contribution in [2.75, 3.05) is 18.1 Å². The maximum Gasteiger partial charge on any atom is 0.410 e. The van der Waals surface area contributed by atoms with Gasteiger partial charge in [0, 0.05) is 18.1 Å². The van der Waals surface area contributed by atoms with E-state index in [2.05, 4.69) is 5.16 Å². The Labute approximate surface area is 105 Å². The van der Waals surface area contributed by atoms with Crippen molar-refractivity contribution in [1.82, 2.24) is 4.90 Å². The summed E-state index contributed by atoms with van der Waals surface area (Å²) in [4.78, 5) is 13.5. The van der Waals surface area contributed by atoms with Gasteiger partial charge >= 0.3 is 6.09 Å². The molecule has 1 unspecified atom stereocenters. The van der Waals surface area contributed by atoms with Crippen molar-refractivity contribution in [3.8, 4) is 0 Å². The van der Waals surface area contributed by atoms with Crippen molar-refractivity contribution in [2.45, 2.75) is 32.4 Å². The summed E-state index contributed by atoms with van der Waals surface area (Å²) in [6.07, 6.45) is -0.422.